The van der Waals surface area contributed by atoms with Crippen LogP contribution in [-0.4, -0.2) is 23.5 Å². The zero-order chi connectivity index (χ0) is 19.2. The molecule has 0 saturated heterocycles. The van der Waals surface area contributed by atoms with Crippen molar-refractivity contribution < 1.29 is 0 Å². The van der Waals surface area contributed by atoms with Gasteiger partial charge in [0.15, 0.2) is 0 Å². The molecule has 4 heteroatoms. The van der Waals surface area contributed by atoms with Gasteiger partial charge in [-0.2, -0.15) is 11.1 Å². The molecule has 0 amide bonds. The third-order valence-electron chi connectivity index (χ3n) is 4.97. The molecule has 0 nitrogen and oxygen atoms in total. The third kappa shape index (κ3) is 4.76. The van der Waals surface area contributed by atoms with Crippen molar-refractivity contribution in [3.8, 4) is 0 Å². The van der Waals surface area contributed by atoms with E-state index >= 15 is 0 Å². The normalized spacial score (nSPS) is 13.2. The Morgan fingerprint density at radius 3 is 1.08 bits per heavy atom. The lowest BCUT2D eigenvalue weighted by Gasteiger charge is -2.27. The van der Waals surface area contributed by atoms with Gasteiger partial charge in [0.2, 0.25) is 7.38 Å². The second-order valence-corrected chi connectivity index (χ2v) is 25.3. The molecule has 0 heterocycles. The molecular formula is C21H33ClSi3. The Kier molecular flexibility index (Phi) is 5.66. The number of rotatable bonds is 4. The summed E-state index contributed by atoms with van der Waals surface area (Å²) < 4.78 is 0. The van der Waals surface area contributed by atoms with Crippen molar-refractivity contribution in [1.82, 2.24) is 0 Å². The second-order valence-electron chi connectivity index (χ2n) is 9.68. The fraction of sp³-hybridized carbons (Fsp3) is 0.429. The molecule has 0 aliphatic carbocycles. The van der Waals surface area contributed by atoms with Crippen molar-refractivity contribution in [2.24, 2.45) is 0 Å². The highest BCUT2D eigenvalue weighted by Crippen LogP contribution is 2.14. The summed E-state index contributed by atoms with van der Waals surface area (Å²) >= 11 is 7.34. The predicted molar refractivity (Wildman–Crippen MR) is 125 cm³/mol. The van der Waals surface area contributed by atoms with Crippen LogP contribution in [0, 0.1) is 13.8 Å². The fourth-order valence-corrected chi connectivity index (χ4v) is 8.77. The summed E-state index contributed by atoms with van der Waals surface area (Å²) in [6, 6.07) is 14.2. The Bertz CT molecular complexity index is 715. The van der Waals surface area contributed by atoms with Gasteiger partial charge in [0.05, 0.1) is 16.1 Å². The van der Waals surface area contributed by atoms with Crippen LogP contribution >= 0.6 is 11.1 Å². The highest BCUT2D eigenvalue weighted by molar-refractivity contribution is 7.33. The summed E-state index contributed by atoms with van der Waals surface area (Å²) in [5.74, 6) is 0. The Hall–Kier alpha value is -0.619. The first-order chi connectivity index (χ1) is 11.2. The van der Waals surface area contributed by atoms with E-state index in [0.717, 1.165) is 0 Å². The van der Waals surface area contributed by atoms with Crippen LogP contribution in [0.4, 0.5) is 0 Å². The van der Waals surface area contributed by atoms with Gasteiger partial charge in [-0.1, -0.05) is 97.2 Å². The Labute approximate surface area is 162 Å². The number of halogens is 1. The summed E-state index contributed by atoms with van der Waals surface area (Å²) in [4.78, 5) is 0. The second kappa shape index (κ2) is 6.84. The molecule has 0 aliphatic rings. The first-order valence-electron chi connectivity index (χ1n) is 9.15. The van der Waals surface area contributed by atoms with Gasteiger partial charge in [-0.3, -0.25) is 0 Å². The van der Waals surface area contributed by atoms with Gasteiger partial charge in [0.25, 0.3) is 0 Å². The van der Waals surface area contributed by atoms with Gasteiger partial charge in [-0.05, 0) is 30.8 Å². The number of hydrogen-bond acceptors (Lipinski definition) is 0. The SMILES string of the molecule is Cc1cc([Si](C)(C)C)cc([Si](C)(Cl)c2cc(C)cc([Si](C)(C)C)c2)c1. The van der Waals surface area contributed by atoms with E-state index in [4.69, 9.17) is 11.1 Å². The summed E-state index contributed by atoms with van der Waals surface area (Å²) in [5.41, 5.74) is 2.68. The van der Waals surface area contributed by atoms with Gasteiger partial charge in [0, 0.05) is 0 Å². The molecule has 2 rings (SSSR count). The van der Waals surface area contributed by atoms with Crippen LogP contribution in [0.5, 0.6) is 0 Å². The van der Waals surface area contributed by atoms with Crippen molar-refractivity contribution in [3.63, 3.8) is 0 Å². The van der Waals surface area contributed by atoms with Crippen molar-refractivity contribution in [3.05, 3.63) is 47.5 Å². The highest BCUT2D eigenvalue weighted by Gasteiger charge is 2.33. The number of aryl methyl sites for hydroxylation is 2. The Morgan fingerprint density at radius 1 is 0.520 bits per heavy atom. The van der Waals surface area contributed by atoms with E-state index in [1.54, 1.807) is 0 Å². The maximum atomic E-state index is 7.34. The zero-order valence-electron chi connectivity index (χ0n) is 17.3. The van der Waals surface area contributed by atoms with Crippen LogP contribution in [0.2, 0.25) is 45.8 Å². The molecule has 0 radical (unpaired) electrons. The molecule has 2 aromatic carbocycles. The molecule has 136 valence electrons. The molecule has 25 heavy (non-hydrogen) atoms. The van der Waals surface area contributed by atoms with Crippen molar-refractivity contribution in [1.29, 1.82) is 0 Å². The summed E-state index contributed by atoms with van der Waals surface area (Å²) in [6.45, 7) is 21.2. The minimum absolute atomic E-state index is 1.34. The maximum absolute atomic E-state index is 7.34. The molecule has 0 spiro atoms. The molecule has 2 aromatic rings. The van der Waals surface area contributed by atoms with E-state index in [9.17, 15) is 0 Å². The molecule has 0 aliphatic heterocycles. The van der Waals surface area contributed by atoms with E-state index in [1.807, 2.05) is 0 Å². The summed E-state index contributed by atoms with van der Waals surface area (Å²) in [7, 11) is -4.94. The summed E-state index contributed by atoms with van der Waals surface area (Å²) in [5, 5.41) is 5.75. The first-order valence-corrected chi connectivity index (χ1v) is 19.7. The predicted octanol–water partition coefficient (Wildman–Crippen LogP) is 4.32. The topological polar surface area (TPSA) is 0 Å². The minimum atomic E-state index is -2.22. The molecule has 0 saturated carbocycles. The smallest absolute Gasteiger partial charge is 0.155 e. The van der Waals surface area contributed by atoms with Crippen LogP contribution in [0.15, 0.2) is 36.4 Å². The van der Waals surface area contributed by atoms with Crippen molar-refractivity contribution >= 4 is 55.4 Å². The van der Waals surface area contributed by atoms with Gasteiger partial charge in [-0.25, -0.2) is 0 Å². The highest BCUT2D eigenvalue weighted by atomic mass is 35.6. The van der Waals surface area contributed by atoms with Gasteiger partial charge < -0.3 is 0 Å². The first kappa shape index (κ1) is 20.7. The van der Waals surface area contributed by atoms with Crippen LogP contribution in [0.1, 0.15) is 11.1 Å². The average Bonchev–Trinajstić information content (AvgIpc) is 2.44. The quantitative estimate of drug-likeness (QED) is 0.525. The van der Waals surface area contributed by atoms with Gasteiger partial charge >= 0.3 is 0 Å². The average molecular weight is 405 g/mol. The van der Waals surface area contributed by atoms with E-state index in [0.29, 0.717) is 0 Å². The van der Waals surface area contributed by atoms with Gasteiger partial charge in [-0.15, -0.1) is 0 Å². The Morgan fingerprint density at radius 2 is 0.800 bits per heavy atom. The molecule has 0 bridgehead atoms. The van der Waals surface area contributed by atoms with Crippen LogP contribution in [0.25, 0.3) is 0 Å². The van der Waals surface area contributed by atoms with Crippen LogP contribution < -0.4 is 20.7 Å². The number of benzene rings is 2. The summed E-state index contributed by atoms with van der Waals surface area (Å²) in [6.07, 6.45) is 0. The van der Waals surface area contributed by atoms with E-state index < -0.39 is 23.5 Å². The molecule has 0 aromatic heterocycles. The molecule has 0 N–H and O–H groups in total. The van der Waals surface area contributed by atoms with E-state index in [-0.39, 0.29) is 0 Å². The largest absolute Gasteiger partial charge is 0.214 e. The van der Waals surface area contributed by atoms with Crippen LogP contribution in [0.3, 0.4) is 0 Å². The monoisotopic (exact) mass is 404 g/mol. The van der Waals surface area contributed by atoms with E-state index in [2.05, 4.69) is 96.1 Å². The molecule has 0 unspecified atom stereocenters. The maximum Gasteiger partial charge on any atom is 0.214 e. The van der Waals surface area contributed by atoms with Crippen molar-refractivity contribution in [2.45, 2.75) is 59.7 Å². The zero-order valence-corrected chi connectivity index (χ0v) is 21.1. The standard InChI is InChI=1S/C21H33ClSi3/c1-16-10-18(23(3,4)5)14-20(12-16)25(9,22)21-13-17(2)11-19(15-21)24(6,7)8/h10-15H,1-9H3. The molecular weight excluding hydrogens is 372 g/mol. The number of hydrogen-bond donors (Lipinski definition) is 0. The lowest BCUT2D eigenvalue weighted by atomic mass is 10.2. The fourth-order valence-electron chi connectivity index (χ4n) is 3.14. The lowest BCUT2D eigenvalue weighted by molar-refractivity contribution is 1.49. The third-order valence-corrected chi connectivity index (χ3v) is 13.1. The lowest BCUT2D eigenvalue weighted by Crippen LogP contribution is -2.55. The molecule has 0 fully saturated rings. The van der Waals surface area contributed by atoms with Crippen molar-refractivity contribution in [2.75, 3.05) is 0 Å². The van der Waals surface area contributed by atoms with Crippen LogP contribution in [-0.2, 0) is 0 Å². The van der Waals surface area contributed by atoms with E-state index in [1.165, 1.54) is 31.9 Å². The van der Waals surface area contributed by atoms with Gasteiger partial charge in [0.1, 0.15) is 0 Å². The minimum Gasteiger partial charge on any atom is -0.155 e. The Balaban J connectivity index is 2.63. The molecule has 0 atom stereocenters.